The van der Waals surface area contributed by atoms with Gasteiger partial charge >= 0.3 is 0 Å². The number of hydrogen-bond acceptors (Lipinski definition) is 3. The molecule has 1 saturated heterocycles. The summed E-state index contributed by atoms with van der Waals surface area (Å²) in [5.74, 6) is 0.433. The first-order chi connectivity index (χ1) is 8.95. The number of pyridine rings is 1. The van der Waals surface area contributed by atoms with Gasteiger partial charge in [0.1, 0.15) is 10.0 Å². The molecule has 19 heavy (non-hydrogen) atoms. The molecule has 1 aliphatic heterocycles. The van der Waals surface area contributed by atoms with Crippen molar-refractivity contribution in [2.45, 2.75) is 31.1 Å². The maximum atomic E-state index is 12.6. The summed E-state index contributed by atoms with van der Waals surface area (Å²) in [5, 5.41) is 0.0295. The highest BCUT2D eigenvalue weighted by Gasteiger charge is 2.31. The highest BCUT2D eigenvalue weighted by atomic mass is 79.9. The van der Waals surface area contributed by atoms with Gasteiger partial charge in [0.2, 0.25) is 10.0 Å². The van der Waals surface area contributed by atoms with Crippen molar-refractivity contribution in [2.24, 2.45) is 5.92 Å². The van der Waals surface area contributed by atoms with Gasteiger partial charge in [-0.1, -0.05) is 24.9 Å². The maximum Gasteiger partial charge on any atom is 0.246 e. The number of halogens is 2. The van der Waals surface area contributed by atoms with Crippen molar-refractivity contribution in [2.75, 3.05) is 13.1 Å². The average Bonchev–Trinajstić information content (AvgIpc) is 2.41. The lowest BCUT2D eigenvalue weighted by atomic mass is 9.97. The van der Waals surface area contributed by atoms with E-state index < -0.39 is 10.0 Å². The molecule has 7 heteroatoms. The fraction of sp³-hybridized carbons (Fsp3) is 0.583. The summed E-state index contributed by atoms with van der Waals surface area (Å²) in [7, 11) is -3.55. The Hall–Kier alpha value is -0.170. The summed E-state index contributed by atoms with van der Waals surface area (Å²) in [4.78, 5) is 3.98. The monoisotopic (exact) mass is 366 g/mol. The highest BCUT2D eigenvalue weighted by Crippen LogP contribution is 2.29. The molecule has 106 valence electrons. The minimum absolute atomic E-state index is 0.0295. The van der Waals surface area contributed by atoms with Gasteiger partial charge in [-0.3, -0.25) is 0 Å². The second-order valence-electron chi connectivity index (χ2n) is 4.72. The van der Waals surface area contributed by atoms with Gasteiger partial charge in [-0.2, -0.15) is 4.31 Å². The van der Waals surface area contributed by atoms with Crippen LogP contribution in [0.4, 0.5) is 0 Å². The average molecular weight is 368 g/mol. The molecule has 0 aromatic carbocycles. The van der Waals surface area contributed by atoms with Crippen LogP contribution in [0.2, 0.25) is 5.15 Å². The number of aromatic nitrogens is 1. The Balaban J connectivity index is 2.34. The van der Waals surface area contributed by atoms with Crippen LogP contribution in [0.25, 0.3) is 0 Å². The van der Waals surface area contributed by atoms with Gasteiger partial charge in [0, 0.05) is 23.8 Å². The van der Waals surface area contributed by atoms with E-state index in [1.54, 1.807) is 0 Å². The lowest BCUT2D eigenvalue weighted by Crippen LogP contribution is -2.39. The molecule has 2 rings (SSSR count). The summed E-state index contributed by atoms with van der Waals surface area (Å²) in [6, 6.07) is 1.51. The van der Waals surface area contributed by atoms with Crippen LogP contribution in [0, 0.1) is 5.92 Å². The number of hydrogen-bond donors (Lipinski definition) is 0. The molecule has 1 atom stereocenters. The molecular weight excluding hydrogens is 352 g/mol. The Morgan fingerprint density at radius 3 is 3.00 bits per heavy atom. The zero-order valence-electron chi connectivity index (χ0n) is 10.6. The molecule has 0 bridgehead atoms. The molecule has 0 radical (unpaired) electrons. The fourth-order valence-electron chi connectivity index (χ4n) is 2.30. The first kappa shape index (κ1) is 15.2. The highest BCUT2D eigenvalue weighted by molar-refractivity contribution is 9.10. The van der Waals surface area contributed by atoms with Gasteiger partial charge in [0.05, 0.1) is 0 Å². The second-order valence-corrected chi connectivity index (χ2v) is 7.90. The third-order valence-electron chi connectivity index (χ3n) is 3.45. The van der Waals surface area contributed by atoms with Crippen molar-refractivity contribution in [3.8, 4) is 0 Å². The van der Waals surface area contributed by atoms with Crippen molar-refractivity contribution < 1.29 is 8.42 Å². The third-order valence-corrected chi connectivity index (χ3v) is 6.18. The van der Waals surface area contributed by atoms with Gasteiger partial charge in [-0.15, -0.1) is 0 Å². The van der Waals surface area contributed by atoms with Gasteiger partial charge in [0.25, 0.3) is 0 Å². The SMILES string of the molecule is CCC1CCCN(S(=O)(=O)c2cc(Br)cnc2Cl)C1. The molecule has 0 aliphatic carbocycles. The van der Waals surface area contributed by atoms with Crippen LogP contribution in [0.15, 0.2) is 21.6 Å². The Kier molecular flexibility index (Phi) is 4.87. The van der Waals surface area contributed by atoms with Crippen LogP contribution in [-0.4, -0.2) is 30.8 Å². The lowest BCUT2D eigenvalue weighted by molar-refractivity contribution is 0.261. The van der Waals surface area contributed by atoms with Gasteiger partial charge in [-0.25, -0.2) is 13.4 Å². The Morgan fingerprint density at radius 2 is 2.32 bits per heavy atom. The second kappa shape index (κ2) is 6.08. The van der Waals surface area contributed by atoms with Crippen LogP contribution in [-0.2, 0) is 10.0 Å². The van der Waals surface area contributed by atoms with Crippen molar-refractivity contribution in [3.63, 3.8) is 0 Å². The first-order valence-electron chi connectivity index (χ1n) is 6.26. The van der Waals surface area contributed by atoms with Crippen LogP contribution in [0.3, 0.4) is 0 Å². The van der Waals surface area contributed by atoms with Crippen molar-refractivity contribution in [1.82, 2.24) is 9.29 Å². The predicted octanol–water partition coefficient (Wildman–Crippen LogP) is 3.31. The zero-order valence-corrected chi connectivity index (χ0v) is 13.8. The van der Waals surface area contributed by atoms with Gasteiger partial charge < -0.3 is 0 Å². The molecule has 0 amide bonds. The Morgan fingerprint density at radius 1 is 1.58 bits per heavy atom. The molecule has 1 unspecified atom stereocenters. The smallest absolute Gasteiger partial charge is 0.242 e. The largest absolute Gasteiger partial charge is 0.246 e. The molecule has 1 aromatic heterocycles. The summed E-state index contributed by atoms with van der Waals surface area (Å²) >= 11 is 9.17. The van der Waals surface area contributed by atoms with E-state index in [1.807, 2.05) is 0 Å². The van der Waals surface area contributed by atoms with Gasteiger partial charge in [0.15, 0.2) is 0 Å². The van der Waals surface area contributed by atoms with Crippen LogP contribution in [0.5, 0.6) is 0 Å². The lowest BCUT2D eigenvalue weighted by Gasteiger charge is -2.31. The summed E-state index contributed by atoms with van der Waals surface area (Å²) in [5.41, 5.74) is 0. The minimum Gasteiger partial charge on any atom is -0.242 e. The molecule has 0 N–H and O–H groups in total. The predicted molar refractivity (Wildman–Crippen MR) is 78.7 cm³/mol. The third kappa shape index (κ3) is 3.29. The quantitative estimate of drug-likeness (QED) is 0.770. The normalized spacial score (nSPS) is 21.5. The molecule has 1 aliphatic rings. The van der Waals surface area contributed by atoms with Crippen LogP contribution >= 0.6 is 27.5 Å². The number of nitrogens with zero attached hydrogens (tertiary/aromatic N) is 2. The van der Waals surface area contributed by atoms with E-state index in [0.29, 0.717) is 23.5 Å². The summed E-state index contributed by atoms with van der Waals surface area (Å²) in [6.07, 6.45) is 4.48. The van der Waals surface area contributed by atoms with E-state index in [-0.39, 0.29) is 10.0 Å². The van der Waals surface area contributed by atoms with Crippen molar-refractivity contribution in [1.29, 1.82) is 0 Å². The number of piperidine rings is 1. The molecule has 4 nitrogen and oxygen atoms in total. The minimum atomic E-state index is -3.55. The van der Waals surface area contributed by atoms with E-state index in [4.69, 9.17) is 11.6 Å². The van der Waals surface area contributed by atoms with Crippen molar-refractivity contribution >= 4 is 37.6 Å². The van der Waals surface area contributed by atoms with Crippen molar-refractivity contribution in [3.05, 3.63) is 21.9 Å². The van der Waals surface area contributed by atoms with Gasteiger partial charge in [-0.05, 0) is 40.8 Å². The number of rotatable bonds is 3. The zero-order chi connectivity index (χ0) is 14.0. The standard InChI is InChI=1S/C12H16BrClN2O2S/c1-2-9-4-3-5-16(8-9)19(17,18)11-6-10(13)7-15-12(11)14/h6-7,9H,2-5,8H2,1H3. The van der Waals surface area contributed by atoms with E-state index in [2.05, 4.69) is 27.8 Å². The number of sulfonamides is 1. The molecule has 0 saturated carbocycles. The van der Waals surface area contributed by atoms with Crippen LogP contribution < -0.4 is 0 Å². The topological polar surface area (TPSA) is 50.3 Å². The Labute approximate surface area is 127 Å². The van der Waals surface area contributed by atoms with E-state index >= 15 is 0 Å². The maximum absolute atomic E-state index is 12.6. The summed E-state index contributed by atoms with van der Waals surface area (Å²) in [6.45, 7) is 3.22. The van der Waals surface area contributed by atoms with E-state index in [0.717, 1.165) is 19.3 Å². The van der Waals surface area contributed by atoms with Crippen LogP contribution in [0.1, 0.15) is 26.2 Å². The molecule has 2 heterocycles. The Bertz CT molecular complexity index is 565. The molecule has 1 fully saturated rings. The fourth-order valence-corrected chi connectivity index (χ4v) is 4.78. The van der Waals surface area contributed by atoms with E-state index in [9.17, 15) is 8.42 Å². The van der Waals surface area contributed by atoms with E-state index in [1.165, 1.54) is 16.6 Å². The first-order valence-corrected chi connectivity index (χ1v) is 8.87. The summed E-state index contributed by atoms with van der Waals surface area (Å²) < 4.78 is 27.3. The molecule has 0 spiro atoms. The molecular formula is C12H16BrClN2O2S. The molecule has 1 aromatic rings.